The highest BCUT2D eigenvalue weighted by atomic mass is 35.5. The lowest BCUT2D eigenvalue weighted by molar-refractivity contribution is -0.277. The van der Waals surface area contributed by atoms with Crippen LogP contribution in [0.25, 0.3) is 10.9 Å². The van der Waals surface area contributed by atoms with Gasteiger partial charge in [0.25, 0.3) is 0 Å². The summed E-state index contributed by atoms with van der Waals surface area (Å²) in [6, 6.07) is 12.1. The Morgan fingerprint density at radius 1 is 1.14 bits per heavy atom. The minimum Gasteiger partial charge on any atom is -0.462 e. The number of halogens is 1. The van der Waals surface area contributed by atoms with E-state index in [2.05, 4.69) is 4.98 Å². The van der Waals surface area contributed by atoms with Gasteiger partial charge < -0.3 is 39.6 Å². The topological polar surface area (TPSA) is 145 Å². The Kier molecular flexibility index (Phi) is 7.30. The van der Waals surface area contributed by atoms with Crippen LogP contribution < -0.4 is 4.74 Å². The smallest absolute Gasteiger partial charge is 0.410 e. The van der Waals surface area contributed by atoms with E-state index in [1.807, 2.05) is 18.2 Å². The molecule has 5 rings (SSSR count). The first-order valence-corrected chi connectivity index (χ1v) is 12.5. The Balaban J connectivity index is 1.45. The third-order valence-electron chi connectivity index (χ3n) is 6.89. The molecule has 2 aliphatic rings. The van der Waals surface area contributed by atoms with Crippen molar-refractivity contribution in [2.45, 2.75) is 50.1 Å². The van der Waals surface area contributed by atoms with Crippen LogP contribution >= 0.6 is 11.6 Å². The zero-order valence-electron chi connectivity index (χ0n) is 20.1. The van der Waals surface area contributed by atoms with Crippen molar-refractivity contribution in [3.8, 4) is 5.75 Å². The van der Waals surface area contributed by atoms with Gasteiger partial charge in [0.05, 0.1) is 13.2 Å². The summed E-state index contributed by atoms with van der Waals surface area (Å²) < 4.78 is 16.5. The highest BCUT2D eigenvalue weighted by Gasteiger charge is 2.44. The molecule has 37 heavy (non-hydrogen) atoms. The van der Waals surface area contributed by atoms with Gasteiger partial charge >= 0.3 is 6.09 Å². The van der Waals surface area contributed by atoms with Crippen molar-refractivity contribution in [1.82, 2.24) is 9.88 Å². The van der Waals surface area contributed by atoms with Crippen molar-refractivity contribution in [2.75, 3.05) is 19.8 Å². The summed E-state index contributed by atoms with van der Waals surface area (Å²) in [6.07, 6.45) is -6.67. The van der Waals surface area contributed by atoms with Crippen LogP contribution in [-0.2, 0) is 15.9 Å². The van der Waals surface area contributed by atoms with E-state index in [1.165, 1.54) is 0 Å². The number of hydrogen-bond acceptors (Lipinski definition) is 8. The molecule has 1 aromatic heterocycles. The lowest BCUT2D eigenvalue weighted by atomic mass is 9.92. The molecule has 1 amide bonds. The van der Waals surface area contributed by atoms with Crippen molar-refractivity contribution in [1.29, 1.82) is 0 Å². The molecule has 3 heterocycles. The largest absolute Gasteiger partial charge is 0.462 e. The number of ether oxygens (including phenoxy) is 3. The predicted molar refractivity (Wildman–Crippen MR) is 133 cm³/mol. The van der Waals surface area contributed by atoms with E-state index in [9.17, 15) is 25.2 Å². The zero-order chi connectivity index (χ0) is 26.3. The Labute approximate surface area is 217 Å². The second-order valence-corrected chi connectivity index (χ2v) is 9.57. The molecule has 5 N–H and O–H groups in total. The number of nitrogens with zero attached hydrogens (tertiary/aromatic N) is 1. The van der Waals surface area contributed by atoms with Crippen LogP contribution in [0.3, 0.4) is 0 Å². The number of H-pyrrole nitrogens is 1. The third-order valence-corrected chi connectivity index (χ3v) is 7.12. The predicted octanol–water partition coefficient (Wildman–Crippen LogP) is 2.10. The summed E-state index contributed by atoms with van der Waals surface area (Å²) in [7, 11) is 0. The van der Waals surface area contributed by atoms with Gasteiger partial charge in [-0.25, -0.2) is 4.79 Å². The molecule has 6 atom stereocenters. The number of carbonyl (C=O) groups excluding carboxylic acids is 1. The molecule has 0 saturated carbocycles. The molecule has 11 heteroatoms. The maximum atomic E-state index is 12.9. The van der Waals surface area contributed by atoms with Crippen LogP contribution in [0.5, 0.6) is 5.75 Å². The average molecular weight is 533 g/mol. The van der Waals surface area contributed by atoms with Crippen LogP contribution in [0.2, 0.25) is 5.02 Å². The summed E-state index contributed by atoms with van der Waals surface area (Å²) >= 11 is 6.25. The van der Waals surface area contributed by atoms with Crippen molar-refractivity contribution < 1.29 is 39.4 Å². The first-order chi connectivity index (χ1) is 17.8. The molecule has 0 radical (unpaired) electrons. The van der Waals surface area contributed by atoms with Gasteiger partial charge in [-0.2, -0.15) is 0 Å². The molecule has 5 unspecified atom stereocenters. The van der Waals surface area contributed by atoms with Crippen molar-refractivity contribution in [2.24, 2.45) is 0 Å². The number of rotatable bonds is 5. The highest BCUT2D eigenvalue weighted by molar-refractivity contribution is 6.31. The molecule has 0 aliphatic carbocycles. The molecular weight excluding hydrogens is 504 g/mol. The summed E-state index contributed by atoms with van der Waals surface area (Å²) in [5.74, 6) is 0.329. The third kappa shape index (κ3) is 4.76. The van der Waals surface area contributed by atoms with Gasteiger partial charge in [0, 0.05) is 28.2 Å². The molecule has 0 spiro atoms. The van der Waals surface area contributed by atoms with Crippen LogP contribution in [0.4, 0.5) is 4.79 Å². The van der Waals surface area contributed by atoms with E-state index in [1.54, 1.807) is 36.1 Å². The van der Waals surface area contributed by atoms with Crippen LogP contribution in [0.15, 0.2) is 42.5 Å². The van der Waals surface area contributed by atoms with Crippen LogP contribution in [0.1, 0.15) is 29.8 Å². The molecule has 1 fully saturated rings. The molecule has 2 aliphatic heterocycles. The zero-order valence-corrected chi connectivity index (χ0v) is 20.8. The first-order valence-electron chi connectivity index (χ1n) is 12.1. The fraction of sp³-hybridized carbons (Fsp3) is 0.423. The number of benzene rings is 2. The SMILES string of the molecule is CCOC(=O)N1CCc2c([nH]c3ccc(Cl)cc23)[C@@H]1c1ccc(OC2OC(CO)C(O)C(O)C2O)cc1. The quantitative estimate of drug-likeness (QED) is 0.336. The molecule has 1 saturated heterocycles. The Morgan fingerprint density at radius 2 is 1.89 bits per heavy atom. The van der Waals surface area contributed by atoms with Gasteiger partial charge in [0.15, 0.2) is 0 Å². The number of aliphatic hydroxyl groups is 4. The Bertz CT molecular complexity index is 1260. The van der Waals surface area contributed by atoms with Gasteiger partial charge in [0.2, 0.25) is 6.29 Å². The minimum absolute atomic E-state index is 0.253. The standard InChI is InChI=1S/C26H29ClN2O8/c1-2-35-26(34)29-10-9-16-17-11-14(27)5-8-18(17)28-20(16)21(29)13-3-6-15(7-4-13)36-25-24(33)23(32)22(31)19(12-30)37-25/h3-8,11,19,21-25,28,30-33H,2,9-10,12H2,1H3/t19?,21-,22?,23?,24?,25?/m0/s1. The van der Waals surface area contributed by atoms with Gasteiger partial charge in [-0.1, -0.05) is 23.7 Å². The number of aliphatic hydroxyl groups excluding tert-OH is 4. The maximum Gasteiger partial charge on any atom is 0.410 e. The summed E-state index contributed by atoms with van der Waals surface area (Å²) in [5, 5.41) is 41.3. The monoisotopic (exact) mass is 532 g/mol. The second kappa shape index (κ2) is 10.5. The normalized spacial score (nSPS) is 27.7. The summed E-state index contributed by atoms with van der Waals surface area (Å²) in [6.45, 7) is 1.92. The fourth-order valence-electron chi connectivity index (χ4n) is 5.04. The van der Waals surface area contributed by atoms with Gasteiger partial charge in [-0.15, -0.1) is 0 Å². The Morgan fingerprint density at radius 3 is 2.59 bits per heavy atom. The van der Waals surface area contributed by atoms with E-state index < -0.39 is 49.4 Å². The second-order valence-electron chi connectivity index (χ2n) is 9.14. The lowest BCUT2D eigenvalue weighted by Gasteiger charge is -2.39. The number of fused-ring (bicyclic) bond motifs is 3. The summed E-state index contributed by atoms with van der Waals surface area (Å²) in [4.78, 5) is 18.0. The summed E-state index contributed by atoms with van der Waals surface area (Å²) in [5.41, 5.74) is 3.68. The highest BCUT2D eigenvalue weighted by Crippen LogP contribution is 2.40. The maximum absolute atomic E-state index is 12.9. The number of aromatic amines is 1. The number of carbonyl (C=O) groups is 1. The number of hydrogen-bond donors (Lipinski definition) is 5. The van der Waals surface area contributed by atoms with Gasteiger partial charge in [0.1, 0.15) is 36.2 Å². The van der Waals surface area contributed by atoms with Gasteiger partial charge in [-0.05, 0) is 54.8 Å². The van der Waals surface area contributed by atoms with E-state index in [-0.39, 0.29) is 6.61 Å². The fourth-order valence-corrected chi connectivity index (χ4v) is 5.21. The van der Waals surface area contributed by atoms with E-state index in [0.29, 0.717) is 23.7 Å². The number of aromatic nitrogens is 1. The average Bonchev–Trinajstić information content (AvgIpc) is 3.27. The molecular formula is C26H29ClN2O8. The van der Waals surface area contributed by atoms with Crippen molar-refractivity contribution in [3.63, 3.8) is 0 Å². The molecule has 198 valence electrons. The Hall–Kier alpha value is -2.86. The van der Waals surface area contributed by atoms with E-state index >= 15 is 0 Å². The van der Waals surface area contributed by atoms with Crippen LogP contribution in [-0.4, -0.2) is 86.9 Å². The minimum atomic E-state index is -1.54. The van der Waals surface area contributed by atoms with Crippen molar-refractivity contribution in [3.05, 3.63) is 64.3 Å². The van der Waals surface area contributed by atoms with Crippen LogP contribution in [0, 0.1) is 0 Å². The molecule has 10 nitrogen and oxygen atoms in total. The molecule has 2 aromatic carbocycles. The van der Waals surface area contributed by atoms with E-state index in [0.717, 1.165) is 27.7 Å². The molecule has 0 bridgehead atoms. The number of amides is 1. The van der Waals surface area contributed by atoms with Gasteiger partial charge in [-0.3, -0.25) is 4.90 Å². The van der Waals surface area contributed by atoms with Crippen molar-refractivity contribution >= 4 is 28.6 Å². The lowest BCUT2D eigenvalue weighted by Crippen LogP contribution is -2.60. The van der Waals surface area contributed by atoms with E-state index in [4.69, 9.17) is 25.8 Å². The molecule has 3 aromatic rings. The first kappa shape index (κ1) is 25.8. The number of nitrogens with one attached hydrogen (secondary N) is 1.